The molecule has 4 aliphatic rings. The lowest BCUT2D eigenvalue weighted by atomic mass is 9.52. The van der Waals surface area contributed by atoms with Crippen LogP contribution in [0.1, 0.15) is 25.3 Å². The predicted molar refractivity (Wildman–Crippen MR) is 192 cm³/mol. The standard InChI is InChI=1S/C38H35N5O10/c1-38-26(14-10-20-11-15-30(44)31(16-20)53-4)23-12-13-24-32(25(23)19-27(38)35(46)41(37(38)48)21-8-6-5-7-9-21)36(47)40(34(24)45)22-17-28(42(49)50)33(39(2)3)29(18-22)43(51)52/h5-12,14-18,24-27,32,44H,13,19H2,1-4H3. The molecule has 2 heterocycles. The van der Waals surface area contributed by atoms with Gasteiger partial charge in [0.05, 0.1) is 51.5 Å². The lowest BCUT2D eigenvalue weighted by Crippen LogP contribution is -2.49. The number of imide groups is 2. The number of nitro benzene ring substituents is 2. The van der Waals surface area contributed by atoms with Crippen LogP contribution in [-0.2, 0) is 19.2 Å². The van der Waals surface area contributed by atoms with Crippen molar-refractivity contribution in [3.05, 3.63) is 104 Å². The number of hydrogen-bond acceptors (Lipinski definition) is 11. The SMILES string of the molecule is COc1cc(C=CC2C3=CCC4C(=O)N(c5cc([N+](=O)[O-])c(N(C)C)c([N+](=O)[O-])c5)C(=O)C4C3CC3C(=O)N(c4ccccc4)C(=O)C23C)ccc1O. The van der Waals surface area contributed by atoms with Gasteiger partial charge in [0.2, 0.25) is 23.6 Å². The molecule has 3 fully saturated rings. The van der Waals surface area contributed by atoms with E-state index in [0.717, 1.165) is 17.0 Å². The number of carbonyl (C=O) groups excluding carboxylic acids is 4. The smallest absolute Gasteiger partial charge is 0.301 e. The van der Waals surface area contributed by atoms with Gasteiger partial charge >= 0.3 is 11.4 Å². The fourth-order valence-electron chi connectivity index (χ4n) is 8.76. The molecule has 3 aromatic carbocycles. The van der Waals surface area contributed by atoms with Gasteiger partial charge in [0.15, 0.2) is 17.2 Å². The van der Waals surface area contributed by atoms with Gasteiger partial charge in [-0.1, -0.05) is 48.1 Å². The summed E-state index contributed by atoms with van der Waals surface area (Å²) >= 11 is 0. The number of benzene rings is 3. The summed E-state index contributed by atoms with van der Waals surface area (Å²) in [7, 11) is 4.24. The molecule has 53 heavy (non-hydrogen) atoms. The normalized spacial score (nSPS) is 26.3. The Morgan fingerprint density at radius 2 is 1.55 bits per heavy atom. The molecule has 6 atom stereocenters. The molecule has 1 N–H and O–H groups in total. The minimum Gasteiger partial charge on any atom is -0.504 e. The highest BCUT2D eigenvalue weighted by Crippen LogP contribution is 2.61. The van der Waals surface area contributed by atoms with Crippen molar-refractivity contribution in [3.8, 4) is 11.5 Å². The molecule has 4 amide bonds. The molecular formula is C38H35N5O10. The average molecular weight is 722 g/mol. The molecule has 2 aliphatic carbocycles. The number of phenols is 1. The van der Waals surface area contributed by atoms with E-state index in [1.54, 1.807) is 55.5 Å². The van der Waals surface area contributed by atoms with Gasteiger partial charge in [-0.3, -0.25) is 39.4 Å². The molecule has 0 radical (unpaired) electrons. The number of rotatable bonds is 8. The van der Waals surface area contributed by atoms with Crippen molar-refractivity contribution in [1.29, 1.82) is 0 Å². The number of amides is 4. The van der Waals surface area contributed by atoms with Crippen molar-refractivity contribution in [2.45, 2.75) is 19.8 Å². The predicted octanol–water partition coefficient (Wildman–Crippen LogP) is 5.26. The number of allylic oxidation sites excluding steroid dienone is 3. The maximum atomic E-state index is 14.5. The fraction of sp³-hybridized carbons (Fsp3) is 0.316. The molecule has 272 valence electrons. The van der Waals surface area contributed by atoms with E-state index in [1.165, 1.54) is 37.1 Å². The number of nitrogens with zero attached hydrogens (tertiary/aromatic N) is 5. The summed E-state index contributed by atoms with van der Waals surface area (Å²) in [6.07, 6.45) is 5.58. The van der Waals surface area contributed by atoms with Crippen LogP contribution in [0.3, 0.4) is 0 Å². The van der Waals surface area contributed by atoms with Gasteiger partial charge in [0, 0.05) is 32.1 Å². The van der Waals surface area contributed by atoms with Crippen LogP contribution in [-0.4, -0.2) is 59.8 Å². The third kappa shape index (κ3) is 5.25. The van der Waals surface area contributed by atoms with Crippen LogP contribution in [0.25, 0.3) is 6.08 Å². The second kappa shape index (κ2) is 12.7. The Balaban J connectivity index is 1.34. The van der Waals surface area contributed by atoms with E-state index < -0.39 is 79.9 Å². The molecule has 15 heteroatoms. The molecule has 0 bridgehead atoms. The number of aromatic hydroxyl groups is 1. The van der Waals surface area contributed by atoms with Crippen LogP contribution in [0.2, 0.25) is 0 Å². The monoisotopic (exact) mass is 721 g/mol. The third-order valence-corrected chi connectivity index (χ3v) is 11.2. The number of anilines is 3. The van der Waals surface area contributed by atoms with E-state index in [9.17, 15) is 44.5 Å². The van der Waals surface area contributed by atoms with Crippen molar-refractivity contribution in [2.75, 3.05) is 35.9 Å². The van der Waals surface area contributed by atoms with Gasteiger partial charge in [-0.05, 0) is 55.5 Å². The molecule has 3 aromatic rings. The number of phenolic OH excluding ortho intramolecular Hbond substituents is 1. The van der Waals surface area contributed by atoms with Crippen LogP contribution in [0.4, 0.5) is 28.4 Å². The van der Waals surface area contributed by atoms with Crippen molar-refractivity contribution >= 4 is 58.1 Å². The van der Waals surface area contributed by atoms with Crippen molar-refractivity contribution in [3.63, 3.8) is 0 Å². The summed E-state index contributed by atoms with van der Waals surface area (Å²) in [5.74, 6) is -6.22. The van der Waals surface area contributed by atoms with E-state index in [-0.39, 0.29) is 35.7 Å². The highest BCUT2D eigenvalue weighted by Gasteiger charge is 2.67. The third-order valence-electron chi connectivity index (χ3n) is 11.2. The van der Waals surface area contributed by atoms with Crippen molar-refractivity contribution in [1.82, 2.24) is 0 Å². The minimum absolute atomic E-state index is 0.0634. The molecular weight excluding hydrogens is 686 g/mol. The first-order chi connectivity index (χ1) is 25.2. The van der Waals surface area contributed by atoms with Crippen LogP contribution < -0.4 is 19.4 Å². The maximum absolute atomic E-state index is 14.5. The van der Waals surface area contributed by atoms with Crippen LogP contribution in [0, 0.1) is 55.2 Å². The zero-order valence-electron chi connectivity index (χ0n) is 29.2. The Morgan fingerprint density at radius 3 is 2.15 bits per heavy atom. The molecule has 0 aromatic heterocycles. The van der Waals surface area contributed by atoms with Gasteiger partial charge in [-0.15, -0.1) is 0 Å². The summed E-state index contributed by atoms with van der Waals surface area (Å²) in [5.41, 5.74) is -1.41. The van der Waals surface area contributed by atoms with Gasteiger partial charge in [0.1, 0.15) is 0 Å². The van der Waals surface area contributed by atoms with Gasteiger partial charge in [-0.25, -0.2) is 9.80 Å². The first kappa shape index (κ1) is 35.0. The molecule has 15 nitrogen and oxygen atoms in total. The van der Waals surface area contributed by atoms with Gasteiger partial charge < -0.3 is 14.7 Å². The Hall–Kier alpha value is -6.38. The Kier molecular flexibility index (Phi) is 8.39. The largest absolute Gasteiger partial charge is 0.504 e. The maximum Gasteiger partial charge on any atom is 0.301 e. The van der Waals surface area contributed by atoms with E-state index >= 15 is 0 Å². The van der Waals surface area contributed by atoms with Crippen LogP contribution in [0.5, 0.6) is 11.5 Å². The number of carbonyl (C=O) groups is 4. The lowest BCUT2D eigenvalue weighted by Gasteiger charge is -2.47. The summed E-state index contributed by atoms with van der Waals surface area (Å²) in [5, 5.41) is 34.4. The Bertz CT molecular complexity index is 2150. The highest BCUT2D eigenvalue weighted by atomic mass is 16.6. The van der Waals surface area contributed by atoms with Gasteiger partial charge in [0.25, 0.3) is 0 Å². The fourth-order valence-corrected chi connectivity index (χ4v) is 8.76. The number of ether oxygens (including phenoxy) is 1. The van der Waals surface area contributed by atoms with E-state index in [1.807, 2.05) is 12.2 Å². The zero-order valence-corrected chi connectivity index (χ0v) is 29.2. The number of para-hydroxylation sites is 1. The van der Waals surface area contributed by atoms with Crippen LogP contribution >= 0.6 is 0 Å². The van der Waals surface area contributed by atoms with Gasteiger partial charge in [-0.2, -0.15) is 0 Å². The van der Waals surface area contributed by atoms with E-state index in [4.69, 9.17) is 4.74 Å². The molecule has 7 rings (SSSR count). The minimum atomic E-state index is -1.28. The topological polar surface area (TPSA) is 194 Å². The summed E-state index contributed by atoms with van der Waals surface area (Å²) in [6.45, 7) is 1.74. The Labute approximate surface area is 303 Å². The second-order valence-electron chi connectivity index (χ2n) is 14.1. The van der Waals surface area contributed by atoms with Crippen molar-refractivity contribution < 1.29 is 38.9 Å². The first-order valence-corrected chi connectivity index (χ1v) is 16.9. The van der Waals surface area contributed by atoms with E-state index in [2.05, 4.69) is 0 Å². The average Bonchev–Trinajstić information content (AvgIpc) is 3.50. The molecule has 0 spiro atoms. The summed E-state index contributed by atoms with van der Waals surface area (Å²) in [6, 6.07) is 15.3. The highest BCUT2D eigenvalue weighted by molar-refractivity contribution is 6.25. The number of nitro groups is 2. The second-order valence-corrected chi connectivity index (χ2v) is 14.1. The number of hydrogen-bond donors (Lipinski definition) is 1. The molecule has 2 saturated heterocycles. The lowest BCUT2D eigenvalue weighted by molar-refractivity contribution is -0.392. The van der Waals surface area contributed by atoms with Crippen molar-refractivity contribution in [2.24, 2.45) is 35.0 Å². The summed E-state index contributed by atoms with van der Waals surface area (Å²) < 4.78 is 5.27. The van der Waals surface area contributed by atoms with Crippen LogP contribution in [0.15, 0.2) is 78.4 Å². The quantitative estimate of drug-likeness (QED) is 0.138. The summed E-state index contributed by atoms with van der Waals surface area (Å²) in [4.78, 5) is 83.2. The number of fused-ring (bicyclic) bond motifs is 4. The molecule has 1 saturated carbocycles. The van der Waals surface area contributed by atoms with E-state index in [0.29, 0.717) is 16.8 Å². The zero-order chi connectivity index (χ0) is 38.1. The Morgan fingerprint density at radius 1 is 0.887 bits per heavy atom. The molecule has 6 unspecified atom stereocenters. The first-order valence-electron chi connectivity index (χ1n) is 16.9. The number of methoxy groups -OCH3 is 1. The molecule has 2 aliphatic heterocycles.